The number of hydrogen-bond donors (Lipinski definition) is 0. The minimum absolute atomic E-state index is 0.586. The van der Waals surface area contributed by atoms with Crippen LogP contribution in [0, 0.1) is 5.92 Å². The fraction of sp³-hybridized carbons (Fsp3) is 0.481. The molecule has 27 heavy (non-hydrogen) atoms. The standard InChI is InChI=1S/C27H38/c1-7-10-11-22(8-2)27-19-26(17-12-23(27)9-3)25-15-13-24(14-16-25)21(6)18-20(4)5/h12-20,22H,7-11H2,1-6H3. The van der Waals surface area contributed by atoms with Crippen LogP contribution in [0.1, 0.15) is 89.8 Å². The minimum atomic E-state index is 0.586. The van der Waals surface area contributed by atoms with Gasteiger partial charge in [0.2, 0.25) is 0 Å². The predicted molar refractivity (Wildman–Crippen MR) is 122 cm³/mol. The zero-order valence-electron chi connectivity index (χ0n) is 18.3. The maximum absolute atomic E-state index is 2.47. The van der Waals surface area contributed by atoms with Gasteiger partial charge in [0.1, 0.15) is 0 Å². The zero-order chi connectivity index (χ0) is 19.8. The Morgan fingerprint density at radius 1 is 0.926 bits per heavy atom. The summed E-state index contributed by atoms with van der Waals surface area (Å²) in [7, 11) is 0. The van der Waals surface area contributed by atoms with Crippen LogP contribution in [0.25, 0.3) is 16.7 Å². The molecule has 146 valence electrons. The molecule has 0 radical (unpaired) electrons. The second-order valence-electron chi connectivity index (χ2n) is 8.19. The molecule has 0 N–H and O–H groups in total. The Bertz CT molecular complexity index is 731. The quantitative estimate of drug-likeness (QED) is 0.418. The molecule has 0 amide bonds. The summed E-state index contributed by atoms with van der Waals surface area (Å²) in [5.74, 6) is 1.28. The first-order valence-electron chi connectivity index (χ1n) is 10.9. The van der Waals surface area contributed by atoms with Gasteiger partial charge in [-0.15, -0.1) is 0 Å². The zero-order valence-corrected chi connectivity index (χ0v) is 18.3. The molecule has 0 heterocycles. The van der Waals surface area contributed by atoms with Crippen LogP contribution >= 0.6 is 0 Å². The molecule has 2 aromatic rings. The molecule has 0 saturated carbocycles. The molecule has 2 aromatic carbocycles. The molecule has 1 atom stereocenters. The van der Waals surface area contributed by atoms with Crippen molar-refractivity contribution in [3.63, 3.8) is 0 Å². The van der Waals surface area contributed by atoms with Gasteiger partial charge in [0, 0.05) is 0 Å². The second-order valence-corrected chi connectivity index (χ2v) is 8.19. The number of allylic oxidation sites excluding steroid dienone is 2. The average Bonchev–Trinajstić information content (AvgIpc) is 2.68. The molecule has 0 bridgehead atoms. The fourth-order valence-corrected chi connectivity index (χ4v) is 4.03. The van der Waals surface area contributed by atoms with Gasteiger partial charge in [-0.2, -0.15) is 0 Å². The van der Waals surface area contributed by atoms with E-state index in [1.165, 1.54) is 53.5 Å². The van der Waals surface area contributed by atoms with Crippen LogP contribution in [-0.2, 0) is 6.42 Å². The topological polar surface area (TPSA) is 0 Å². The van der Waals surface area contributed by atoms with Gasteiger partial charge in [-0.05, 0) is 71.4 Å². The number of hydrogen-bond acceptors (Lipinski definition) is 0. The van der Waals surface area contributed by atoms with E-state index in [1.54, 1.807) is 5.56 Å². The molecule has 0 nitrogen and oxygen atoms in total. The summed E-state index contributed by atoms with van der Waals surface area (Å²) in [5, 5.41) is 0. The van der Waals surface area contributed by atoms with E-state index < -0.39 is 0 Å². The first-order valence-corrected chi connectivity index (χ1v) is 10.9. The Labute approximate surface area is 167 Å². The van der Waals surface area contributed by atoms with Crippen molar-refractivity contribution in [1.29, 1.82) is 0 Å². The van der Waals surface area contributed by atoms with Crippen molar-refractivity contribution in [2.75, 3.05) is 0 Å². The van der Waals surface area contributed by atoms with E-state index in [4.69, 9.17) is 0 Å². The lowest BCUT2D eigenvalue weighted by atomic mass is 9.85. The Balaban J connectivity index is 2.34. The average molecular weight is 363 g/mol. The maximum atomic E-state index is 2.47. The third-order valence-electron chi connectivity index (χ3n) is 5.62. The van der Waals surface area contributed by atoms with E-state index in [9.17, 15) is 0 Å². The first kappa shape index (κ1) is 21.5. The number of unbranched alkanes of at least 4 members (excludes halogenated alkanes) is 1. The second kappa shape index (κ2) is 10.5. The molecule has 0 aromatic heterocycles. The summed E-state index contributed by atoms with van der Waals surface area (Å²) in [4.78, 5) is 0. The van der Waals surface area contributed by atoms with Gasteiger partial charge >= 0.3 is 0 Å². The molecular weight excluding hydrogens is 324 g/mol. The monoisotopic (exact) mass is 362 g/mol. The van der Waals surface area contributed by atoms with Crippen molar-refractivity contribution in [2.24, 2.45) is 5.92 Å². The molecular formula is C27H38. The van der Waals surface area contributed by atoms with Gasteiger partial charge in [0.15, 0.2) is 0 Å². The Hall–Kier alpha value is -1.82. The van der Waals surface area contributed by atoms with Crippen LogP contribution in [0.4, 0.5) is 0 Å². The van der Waals surface area contributed by atoms with Crippen LogP contribution in [-0.4, -0.2) is 0 Å². The highest BCUT2D eigenvalue weighted by Gasteiger charge is 2.14. The van der Waals surface area contributed by atoms with Crippen molar-refractivity contribution in [1.82, 2.24) is 0 Å². The molecule has 0 fully saturated rings. The van der Waals surface area contributed by atoms with Gasteiger partial charge in [-0.25, -0.2) is 0 Å². The van der Waals surface area contributed by atoms with E-state index in [-0.39, 0.29) is 0 Å². The Morgan fingerprint density at radius 3 is 2.15 bits per heavy atom. The molecule has 0 spiro atoms. The van der Waals surface area contributed by atoms with Crippen molar-refractivity contribution in [3.05, 3.63) is 65.2 Å². The van der Waals surface area contributed by atoms with Crippen molar-refractivity contribution in [2.45, 2.75) is 79.6 Å². The van der Waals surface area contributed by atoms with Crippen LogP contribution in [0.3, 0.4) is 0 Å². The van der Waals surface area contributed by atoms with E-state index in [2.05, 4.69) is 90.1 Å². The SMILES string of the molecule is CCCCC(CC)c1cc(-c2ccc(C(C)=CC(C)C)cc2)ccc1CC. The summed E-state index contributed by atoms with van der Waals surface area (Å²) in [6.07, 6.45) is 8.60. The molecule has 0 aliphatic rings. The van der Waals surface area contributed by atoms with Crippen LogP contribution in [0.15, 0.2) is 48.5 Å². The fourth-order valence-electron chi connectivity index (χ4n) is 4.03. The third-order valence-corrected chi connectivity index (χ3v) is 5.62. The highest BCUT2D eigenvalue weighted by molar-refractivity contribution is 5.70. The molecule has 1 unspecified atom stereocenters. The lowest BCUT2D eigenvalue weighted by Gasteiger charge is -2.20. The summed E-state index contributed by atoms with van der Waals surface area (Å²) >= 11 is 0. The summed E-state index contributed by atoms with van der Waals surface area (Å²) < 4.78 is 0. The predicted octanol–water partition coefficient (Wildman–Crippen LogP) is 8.66. The number of rotatable bonds is 9. The van der Waals surface area contributed by atoms with Gasteiger partial charge in [0.05, 0.1) is 0 Å². The Kier molecular flexibility index (Phi) is 8.35. The summed E-state index contributed by atoms with van der Waals surface area (Å²) in [6, 6.07) is 16.2. The smallest absolute Gasteiger partial charge is 0.0162 e. The maximum Gasteiger partial charge on any atom is -0.0162 e. The minimum Gasteiger partial charge on any atom is -0.0784 e. The normalized spacial score (nSPS) is 13.2. The number of benzene rings is 2. The molecule has 2 rings (SSSR count). The van der Waals surface area contributed by atoms with Crippen molar-refractivity contribution >= 4 is 5.57 Å². The van der Waals surface area contributed by atoms with Crippen molar-refractivity contribution in [3.8, 4) is 11.1 Å². The molecule has 0 aliphatic carbocycles. The summed E-state index contributed by atoms with van der Waals surface area (Å²) in [5.41, 5.74) is 8.47. The van der Waals surface area contributed by atoms with Crippen LogP contribution in [0.5, 0.6) is 0 Å². The molecule has 0 heteroatoms. The van der Waals surface area contributed by atoms with Gasteiger partial charge < -0.3 is 0 Å². The highest BCUT2D eigenvalue weighted by Crippen LogP contribution is 2.33. The third kappa shape index (κ3) is 5.83. The molecule has 0 aliphatic heterocycles. The van der Waals surface area contributed by atoms with Gasteiger partial charge in [0.25, 0.3) is 0 Å². The van der Waals surface area contributed by atoms with Crippen molar-refractivity contribution < 1.29 is 0 Å². The van der Waals surface area contributed by atoms with E-state index in [1.807, 2.05) is 0 Å². The van der Waals surface area contributed by atoms with E-state index >= 15 is 0 Å². The highest BCUT2D eigenvalue weighted by atomic mass is 14.2. The van der Waals surface area contributed by atoms with E-state index in [0.29, 0.717) is 11.8 Å². The van der Waals surface area contributed by atoms with E-state index in [0.717, 1.165) is 6.42 Å². The lowest BCUT2D eigenvalue weighted by Crippen LogP contribution is -2.02. The van der Waals surface area contributed by atoms with Crippen LogP contribution < -0.4 is 0 Å². The van der Waals surface area contributed by atoms with Crippen LogP contribution in [0.2, 0.25) is 0 Å². The Morgan fingerprint density at radius 2 is 1.59 bits per heavy atom. The number of aryl methyl sites for hydroxylation is 1. The van der Waals surface area contributed by atoms with Gasteiger partial charge in [-0.1, -0.05) is 96.0 Å². The lowest BCUT2D eigenvalue weighted by molar-refractivity contribution is 0.566. The molecule has 0 saturated heterocycles. The summed E-state index contributed by atoms with van der Waals surface area (Å²) in [6.45, 7) is 13.6. The first-order chi connectivity index (χ1) is 13.0. The largest absolute Gasteiger partial charge is 0.0784 e. The van der Waals surface area contributed by atoms with Gasteiger partial charge in [-0.3, -0.25) is 0 Å².